The lowest BCUT2D eigenvalue weighted by molar-refractivity contribution is 0.0594. The van der Waals surface area contributed by atoms with Gasteiger partial charge in [0.2, 0.25) is 15.9 Å². The highest BCUT2D eigenvalue weighted by Gasteiger charge is 2.29. The molecule has 9 heteroatoms. The first-order chi connectivity index (χ1) is 11.3. The van der Waals surface area contributed by atoms with E-state index in [4.69, 9.17) is 16.0 Å². The monoisotopic (exact) mass is 372 g/mol. The van der Waals surface area contributed by atoms with Gasteiger partial charge in [-0.3, -0.25) is 0 Å². The van der Waals surface area contributed by atoms with E-state index in [9.17, 15) is 13.2 Å². The second kappa shape index (κ2) is 7.33. The zero-order valence-corrected chi connectivity index (χ0v) is 15.0. The maximum absolute atomic E-state index is 12.8. The van der Waals surface area contributed by atoms with Gasteiger partial charge in [-0.1, -0.05) is 11.6 Å². The summed E-state index contributed by atoms with van der Waals surface area (Å²) in [5.74, 6) is -0.553. The number of nitrogens with zero attached hydrogens (tertiary/aromatic N) is 2. The smallest absolute Gasteiger partial charge is 0.360 e. The van der Waals surface area contributed by atoms with Crippen LogP contribution in [0.25, 0.3) is 0 Å². The molecule has 0 bridgehead atoms. The molecule has 24 heavy (non-hydrogen) atoms. The van der Waals surface area contributed by atoms with Crippen molar-refractivity contribution in [3.05, 3.63) is 47.1 Å². The normalized spacial score (nSPS) is 11.9. The topological polar surface area (TPSA) is 89.7 Å². The molecule has 0 atom stereocenters. The number of hydrogen-bond donors (Lipinski definition) is 0. The molecule has 0 aliphatic heterocycles. The van der Waals surface area contributed by atoms with Gasteiger partial charge in [-0.25, -0.2) is 18.2 Å². The SMILES string of the molecule is COC(=O)c1coc(CN(C(C)C)S(=O)(=O)c2ccc(Cl)cc2)n1. The molecule has 0 aliphatic carbocycles. The zero-order valence-electron chi connectivity index (χ0n) is 13.4. The van der Waals surface area contributed by atoms with E-state index in [1.54, 1.807) is 13.8 Å². The highest BCUT2D eigenvalue weighted by Crippen LogP contribution is 2.22. The van der Waals surface area contributed by atoms with E-state index in [2.05, 4.69) is 9.72 Å². The number of oxazole rings is 1. The molecule has 130 valence electrons. The number of aromatic nitrogens is 1. The van der Waals surface area contributed by atoms with Gasteiger partial charge in [0.25, 0.3) is 0 Å². The number of rotatable bonds is 6. The molecule has 0 aliphatic rings. The summed E-state index contributed by atoms with van der Waals surface area (Å²) in [6.45, 7) is 3.36. The third-order valence-electron chi connectivity index (χ3n) is 3.23. The Kier molecular flexibility index (Phi) is 5.63. The lowest BCUT2D eigenvalue weighted by Crippen LogP contribution is -2.36. The number of hydrogen-bond acceptors (Lipinski definition) is 6. The fourth-order valence-corrected chi connectivity index (χ4v) is 3.71. The summed E-state index contributed by atoms with van der Waals surface area (Å²) in [5, 5.41) is 0.445. The molecule has 0 amide bonds. The average Bonchev–Trinajstić information content (AvgIpc) is 3.00. The number of benzene rings is 1. The first-order valence-corrected chi connectivity index (χ1v) is 8.87. The second-order valence-corrected chi connectivity index (χ2v) is 7.54. The van der Waals surface area contributed by atoms with E-state index >= 15 is 0 Å². The number of carbonyl (C=O) groups excluding carboxylic acids is 1. The summed E-state index contributed by atoms with van der Waals surface area (Å²) in [6, 6.07) is 5.53. The van der Waals surface area contributed by atoms with Crippen molar-refractivity contribution in [1.29, 1.82) is 0 Å². The zero-order chi connectivity index (χ0) is 17.9. The Balaban J connectivity index is 2.30. The molecule has 0 unspecified atom stereocenters. The lowest BCUT2D eigenvalue weighted by atomic mass is 10.4. The van der Waals surface area contributed by atoms with Crippen LogP contribution < -0.4 is 0 Å². The molecule has 2 aromatic rings. The van der Waals surface area contributed by atoms with E-state index < -0.39 is 16.0 Å². The van der Waals surface area contributed by atoms with Gasteiger partial charge in [0.15, 0.2) is 5.69 Å². The molecule has 1 aromatic heterocycles. The van der Waals surface area contributed by atoms with Gasteiger partial charge < -0.3 is 9.15 Å². The summed E-state index contributed by atoms with van der Waals surface area (Å²) in [6.07, 6.45) is 1.13. The fourth-order valence-electron chi connectivity index (χ4n) is 2.00. The number of carbonyl (C=O) groups is 1. The van der Waals surface area contributed by atoms with E-state index in [0.717, 1.165) is 6.26 Å². The molecule has 0 radical (unpaired) electrons. The molecular weight excluding hydrogens is 356 g/mol. The lowest BCUT2D eigenvalue weighted by Gasteiger charge is -2.24. The van der Waals surface area contributed by atoms with Crippen LogP contribution in [0.1, 0.15) is 30.2 Å². The van der Waals surface area contributed by atoms with Crippen molar-refractivity contribution in [3.8, 4) is 0 Å². The molecular formula is C15H17ClN2O5S. The molecule has 7 nitrogen and oxygen atoms in total. The third-order valence-corrected chi connectivity index (χ3v) is 5.52. The fraction of sp³-hybridized carbons (Fsp3) is 0.333. The highest BCUT2D eigenvalue weighted by atomic mass is 35.5. The van der Waals surface area contributed by atoms with Crippen LogP contribution in [0.5, 0.6) is 0 Å². The van der Waals surface area contributed by atoms with Gasteiger partial charge in [0, 0.05) is 11.1 Å². The number of ether oxygens (including phenoxy) is 1. The molecule has 0 fully saturated rings. The van der Waals surface area contributed by atoms with Crippen LogP contribution in [0.4, 0.5) is 0 Å². The van der Waals surface area contributed by atoms with Gasteiger partial charge in [0.1, 0.15) is 6.26 Å². The first-order valence-electron chi connectivity index (χ1n) is 7.06. The Morgan fingerprint density at radius 2 is 1.96 bits per heavy atom. The second-order valence-electron chi connectivity index (χ2n) is 5.22. The Bertz CT molecular complexity index is 815. The van der Waals surface area contributed by atoms with Gasteiger partial charge in [-0.2, -0.15) is 4.31 Å². The maximum atomic E-state index is 12.8. The summed E-state index contributed by atoms with van der Waals surface area (Å²) in [5.41, 5.74) is -0.0138. The summed E-state index contributed by atoms with van der Waals surface area (Å²) in [4.78, 5) is 15.5. The largest absolute Gasteiger partial charge is 0.464 e. The molecule has 0 N–H and O–H groups in total. The molecule has 0 saturated carbocycles. The number of sulfonamides is 1. The van der Waals surface area contributed by atoms with Crippen LogP contribution in [0.15, 0.2) is 39.8 Å². The number of methoxy groups -OCH3 is 1. The standard InChI is InChI=1S/C15H17ClN2O5S/c1-10(2)18(8-14-17-13(9-23-14)15(19)22-3)24(20,21)12-6-4-11(16)5-7-12/h4-7,9-10H,8H2,1-3H3. The van der Waals surface area contributed by atoms with Gasteiger partial charge in [0.05, 0.1) is 18.6 Å². The summed E-state index contributed by atoms with van der Waals surface area (Å²) < 4.78 is 36.6. The van der Waals surface area contributed by atoms with Crippen molar-refractivity contribution in [3.63, 3.8) is 0 Å². The molecule has 0 saturated heterocycles. The summed E-state index contributed by atoms with van der Waals surface area (Å²) >= 11 is 5.80. The van der Waals surface area contributed by atoms with Crippen molar-refractivity contribution in [2.24, 2.45) is 0 Å². The van der Waals surface area contributed by atoms with E-state index in [1.807, 2.05) is 0 Å². The maximum Gasteiger partial charge on any atom is 0.360 e. The van der Waals surface area contributed by atoms with Crippen LogP contribution in [-0.2, 0) is 21.3 Å². The van der Waals surface area contributed by atoms with Crippen molar-refractivity contribution in [1.82, 2.24) is 9.29 Å². The Morgan fingerprint density at radius 3 is 2.50 bits per heavy atom. The molecule has 0 spiro atoms. The minimum Gasteiger partial charge on any atom is -0.464 e. The summed E-state index contributed by atoms with van der Waals surface area (Å²) in [7, 11) is -2.55. The van der Waals surface area contributed by atoms with Crippen LogP contribution in [0.3, 0.4) is 0 Å². The molecule has 2 rings (SSSR count). The first kappa shape index (κ1) is 18.4. The Hall–Kier alpha value is -1.90. The van der Waals surface area contributed by atoms with E-state index in [1.165, 1.54) is 35.7 Å². The van der Waals surface area contributed by atoms with Crippen molar-refractivity contribution in [2.75, 3.05) is 7.11 Å². The van der Waals surface area contributed by atoms with Gasteiger partial charge in [-0.15, -0.1) is 0 Å². The van der Waals surface area contributed by atoms with Crippen LogP contribution in [0.2, 0.25) is 5.02 Å². The van der Waals surface area contributed by atoms with Gasteiger partial charge >= 0.3 is 5.97 Å². The van der Waals surface area contributed by atoms with Crippen molar-refractivity contribution < 1.29 is 22.4 Å². The minimum atomic E-state index is -3.77. The quantitative estimate of drug-likeness (QED) is 0.724. The number of halogens is 1. The minimum absolute atomic E-state index is 0.0138. The van der Waals surface area contributed by atoms with Crippen LogP contribution >= 0.6 is 11.6 Å². The van der Waals surface area contributed by atoms with Gasteiger partial charge in [-0.05, 0) is 38.1 Å². The predicted octanol–water partition coefficient (Wildman–Crippen LogP) is 2.71. The van der Waals surface area contributed by atoms with E-state index in [0.29, 0.717) is 5.02 Å². The molecule has 1 heterocycles. The molecule has 1 aromatic carbocycles. The van der Waals surface area contributed by atoms with Crippen molar-refractivity contribution in [2.45, 2.75) is 31.3 Å². The highest BCUT2D eigenvalue weighted by molar-refractivity contribution is 7.89. The van der Waals surface area contributed by atoms with Crippen LogP contribution in [-0.4, -0.2) is 36.8 Å². The predicted molar refractivity (Wildman–Crippen MR) is 87.2 cm³/mol. The van der Waals surface area contributed by atoms with Crippen LogP contribution in [0, 0.1) is 0 Å². The number of esters is 1. The Morgan fingerprint density at radius 1 is 1.33 bits per heavy atom. The Labute approximate surface area is 145 Å². The van der Waals surface area contributed by atoms with E-state index in [-0.39, 0.29) is 29.1 Å². The average molecular weight is 373 g/mol. The third kappa shape index (κ3) is 3.95. The van der Waals surface area contributed by atoms with Crippen molar-refractivity contribution >= 4 is 27.6 Å².